The highest BCUT2D eigenvalue weighted by Gasteiger charge is 2.39. The molecule has 8 rings (SSSR count). The molecule has 11 nitrogen and oxygen atoms in total. The molecule has 0 spiro atoms. The van der Waals surface area contributed by atoms with Gasteiger partial charge in [-0.25, -0.2) is 4.79 Å². The lowest BCUT2D eigenvalue weighted by Gasteiger charge is -2.34. The minimum Gasteiger partial charge on any atom is -0.494 e. The SMILES string of the molecule is Cc1ccc(-c2ccc(C(=O)O)c(NSc3ccc(OCCCN4CCN(CCCCCc5cccc6c5CN(C5CCC(=O)NC5=O)C6=O)CC4)cc3)c2)c2ccccc12. The van der Waals surface area contributed by atoms with Crippen molar-refractivity contribution in [2.45, 2.75) is 69.4 Å². The number of nitrogens with one attached hydrogen (secondary N) is 2. The van der Waals surface area contributed by atoms with E-state index in [-0.39, 0.29) is 29.7 Å². The third-order valence-corrected chi connectivity index (χ3v) is 13.1. The highest BCUT2D eigenvalue weighted by atomic mass is 32.2. The second-order valence-corrected chi connectivity index (χ2v) is 17.1. The van der Waals surface area contributed by atoms with Gasteiger partial charge in [0, 0.05) is 56.1 Å². The third-order valence-electron chi connectivity index (χ3n) is 12.3. The van der Waals surface area contributed by atoms with Crippen LogP contribution < -0.4 is 14.8 Å². The summed E-state index contributed by atoms with van der Waals surface area (Å²) in [5.74, 6) is -0.918. The molecule has 1 atom stereocenters. The Kier molecular flexibility index (Phi) is 13.3. The number of aryl methyl sites for hydroxylation is 2. The van der Waals surface area contributed by atoms with Gasteiger partial charge in [-0.2, -0.15) is 0 Å². The predicted octanol–water partition coefficient (Wildman–Crippen LogP) is 8.19. The van der Waals surface area contributed by atoms with Crippen molar-refractivity contribution in [3.8, 4) is 16.9 Å². The Labute approximate surface area is 361 Å². The molecule has 5 aromatic carbocycles. The first-order chi connectivity index (χ1) is 29.7. The predicted molar refractivity (Wildman–Crippen MR) is 240 cm³/mol. The van der Waals surface area contributed by atoms with E-state index in [1.54, 1.807) is 11.0 Å². The first kappa shape index (κ1) is 42.0. The number of unbranched alkanes of at least 4 members (excludes halogenated alkanes) is 2. The van der Waals surface area contributed by atoms with Gasteiger partial charge in [0.05, 0.1) is 17.9 Å². The van der Waals surface area contributed by atoms with E-state index in [2.05, 4.69) is 57.1 Å². The number of carbonyl (C=O) groups excluding carboxylic acids is 3. The minimum absolute atomic E-state index is 0.112. The zero-order valence-electron chi connectivity index (χ0n) is 34.7. The second-order valence-electron chi connectivity index (χ2n) is 16.3. The van der Waals surface area contributed by atoms with Gasteiger partial charge < -0.3 is 29.3 Å². The quantitative estimate of drug-likeness (QED) is 0.0479. The minimum atomic E-state index is -0.978. The number of amides is 3. The van der Waals surface area contributed by atoms with Crippen molar-refractivity contribution in [2.24, 2.45) is 0 Å². The number of piperidine rings is 1. The van der Waals surface area contributed by atoms with E-state index >= 15 is 0 Å². The molecule has 2 fully saturated rings. The number of carboxylic acid groups (broad SMARTS) is 1. The van der Waals surface area contributed by atoms with Crippen molar-refractivity contribution in [2.75, 3.05) is 50.6 Å². The van der Waals surface area contributed by atoms with Gasteiger partial charge in [0.2, 0.25) is 11.8 Å². The fraction of sp³-hybridized carbons (Fsp3) is 0.347. The van der Waals surface area contributed by atoms with Crippen molar-refractivity contribution in [3.05, 3.63) is 125 Å². The largest absolute Gasteiger partial charge is 0.494 e. The Morgan fingerprint density at radius 1 is 0.820 bits per heavy atom. The second kappa shape index (κ2) is 19.4. The van der Waals surface area contributed by atoms with Gasteiger partial charge >= 0.3 is 5.97 Å². The summed E-state index contributed by atoms with van der Waals surface area (Å²) >= 11 is 1.38. The normalized spacial score (nSPS) is 17.1. The first-order valence-electron chi connectivity index (χ1n) is 21.4. The van der Waals surface area contributed by atoms with Crippen LogP contribution in [0.2, 0.25) is 0 Å². The third kappa shape index (κ3) is 9.93. The summed E-state index contributed by atoms with van der Waals surface area (Å²) in [6.45, 7) is 9.51. The Morgan fingerprint density at radius 3 is 2.33 bits per heavy atom. The molecule has 1 unspecified atom stereocenters. The molecule has 3 amide bonds. The van der Waals surface area contributed by atoms with E-state index in [0.717, 1.165) is 104 Å². The Balaban J connectivity index is 0.718. The number of aromatic carboxylic acids is 1. The number of hydrogen-bond donors (Lipinski definition) is 3. The number of nitrogens with zero attached hydrogens (tertiary/aromatic N) is 3. The maximum atomic E-state index is 13.2. The molecule has 0 saturated carbocycles. The highest BCUT2D eigenvalue weighted by molar-refractivity contribution is 8.00. The molecule has 12 heteroatoms. The van der Waals surface area contributed by atoms with Gasteiger partial charge in [-0.3, -0.25) is 19.7 Å². The Morgan fingerprint density at radius 2 is 1.57 bits per heavy atom. The molecule has 3 aliphatic rings. The van der Waals surface area contributed by atoms with Gasteiger partial charge in [-0.15, -0.1) is 0 Å². The van der Waals surface area contributed by atoms with Gasteiger partial charge in [-0.1, -0.05) is 61.0 Å². The number of carboxylic acids is 1. The lowest BCUT2D eigenvalue weighted by atomic mass is 9.94. The van der Waals surface area contributed by atoms with Crippen LogP contribution in [0.4, 0.5) is 5.69 Å². The van der Waals surface area contributed by atoms with E-state index in [0.29, 0.717) is 30.8 Å². The van der Waals surface area contributed by atoms with Crippen LogP contribution in [0.3, 0.4) is 0 Å². The van der Waals surface area contributed by atoms with Crippen molar-refractivity contribution in [3.63, 3.8) is 0 Å². The fourth-order valence-electron chi connectivity index (χ4n) is 8.83. The molecule has 2 saturated heterocycles. The van der Waals surface area contributed by atoms with Crippen LogP contribution in [-0.2, 0) is 22.6 Å². The van der Waals surface area contributed by atoms with E-state index in [4.69, 9.17) is 4.74 Å². The van der Waals surface area contributed by atoms with Crippen LogP contribution in [0.15, 0.2) is 102 Å². The summed E-state index contributed by atoms with van der Waals surface area (Å²) < 4.78 is 9.38. The smallest absolute Gasteiger partial charge is 0.337 e. The van der Waals surface area contributed by atoms with Gasteiger partial charge in [0.25, 0.3) is 5.91 Å². The zero-order chi connectivity index (χ0) is 42.3. The van der Waals surface area contributed by atoms with Gasteiger partial charge in [-0.05, 0) is 139 Å². The summed E-state index contributed by atoms with van der Waals surface area (Å²) in [5, 5.41) is 14.6. The molecular weight excluding hydrogens is 787 g/mol. The molecule has 3 heterocycles. The molecule has 0 aromatic heterocycles. The van der Waals surface area contributed by atoms with Crippen LogP contribution in [0, 0.1) is 6.92 Å². The molecule has 61 heavy (non-hydrogen) atoms. The number of piperazine rings is 1. The number of anilines is 1. The summed E-state index contributed by atoms with van der Waals surface area (Å²) in [6.07, 6.45) is 5.81. The maximum absolute atomic E-state index is 13.2. The van der Waals surface area contributed by atoms with Gasteiger partial charge in [0.15, 0.2) is 0 Å². The van der Waals surface area contributed by atoms with Crippen LogP contribution in [0.5, 0.6) is 5.75 Å². The number of fused-ring (bicyclic) bond motifs is 2. The van der Waals surface area contributed by atoms with Crippen LogP contribution >= 0.6 is 11.9 Å². The first-order valence-corrected chi connectivity index (χ1v) is 22.3. The summed E-state index contributed by atoms with van der Waals surface area (Å²) in [4.78, 5) is 57.0. The number of carbonyl (C=O) groups is 4. The molecule has 3 aliphatic heterocycles. The monoisotopic (exact) mass is 839 g/mol. The standard InChI is InChI=1S/C49H53N5O6S/c1-33-14-20-39(40-12-5-4-11-38(33)40)35-15-21-42(49(58)59)44(31-35)51-61-37-18-16-36(17-19-37)60-30-8-25-53-28-26-52(27-29-53)24-6-2-3-9-34-10-7-13-41-43(34)32-54(48(41)57)45-22-23-46(55)50-47(45)56/h4-5,7,10-21,31,45,51H,2-3,6,8-9,22-30,32H2,1H3,(H,58,59)(H,50,55,56). The van der Waals surface area contributed by atoms with Gasteiger partial charge in [0.1, 0.15) is 11.8 Å². The Bertz CT molecular complexity index is 2410. The molecule has 3 N–H and O–H groups in total. The molecule has 5 aromatic rings. The number of benzene rings is 5. The highest BCUT2D eigenvalue weighted by Crippen LogP contribution is 2.35. The molecule has 0 radical (unpaired) electrons. The van der Waals surface area contributed by atoms with Crippen molar-refractivity contribution in [1.29, 1.82) is 0 Å². The van der Waals surface area contributed by atoms with E-state index in [1.807, 2.05) is 60.7 Å². The van der Waals surface area contributed by atoms with Crippen molar-refractivity contribution in [1.82, 2.24) is 20.0 Å². The molecule has 0 aliphatic carbocycles. The summed E-state index contributed by atoms with van der Waals surface area (Å²) in [6, 6.07) is 31.2. The topological polar surface area (TPSA) is 132 Å². The van der Waals surface area contributed by atoms with Crippen LogP contribution in [-0.4, -0.2) is 95.4 Å². The number of rotatable bonds is 17. The number of hydrogen-bond acceptors (Lipinski definition) is 9. The van der Waals surface area contributed by atoms with Crippen LogP contribution in [0.25, 0.3) is 21.9 Å². The molecule has 0 bridgehead atoms. The number of ether oxygens (including phenoxy) is 1. The van der Waals surface area contributed by atoms with E-state index in [1.165, 1.54) is 28.5 Å². The van der Waals surface area contributed by atoms with Crippen molar-refractivity contribution < 1.29 is 29.0 Å². The average Bonchev–Trinajstić information content (AvgIpc) is 3.61. The van der Waals surface area contributed by atoms with Crippen molar-refractivity contribution >= 4 is 52.1 Å². The van der Waals surface area contributed by atoms with E-state index in [9.17, 15) is 24.3 Å². The number of imide groups is 1. The molecule has 316 valence electrons. The van der Waals surface area contributed by atoms with E-state index < -0.39 is 12.0 Å². The average molecular weight is 840 g/mol. The lowest BCUT2D eigenvalue weighted by molar-refractivity contribution is -0.136. The zero-order valence-corrected chi connectivity index (χ0v) is 35.5. The maximum Gasteiger partial charge on any atom is 0.337 e. The van der Waals surface area contributed by atoms with Crippen LogP contribution in [0.1, 0.15) is 75.9 Å². The summed E-state index contributed by atoms with van der Waals surface area (Å²) in [5.41, 5.74) is 6.89. The Hall–Kier alpha value is -5.69. The molecular formula is C49H53N5O6S. The lowest BCUT2D eigenvalue weighted by Crippen LogP contribution is -2.52. The summed E-state index contributed by atoms with van der Waals surface area (Å²) in [7, 11) is 0. The fourth-order valence-corrected chi connectivity index (χ4v) is 9.50.